The number of nitrogens with zero attached hydrogens (tertiary/aromatic N) is 3. The molecule has 1 fully saturated rings. The van der Waals surface area contributed by atoms with Crippen molar-refractivity contribution in [3.63, 3.8) is 0 Å². The van der Waals surface area contributed by atoms with E-state index in [1.807, 2.05) is 25.3 Å². The number of hydrogen-bond donors (Lipinski definition) is 1. The number of carbonyl (C=O) groups is 1. The molecule has 0 bridgehead atoms. The van der Waals surface area contributed by atoms with Crippen molar-refractivity contribution in [3.05, 3.63) is 41.0 Å². The largest absolute Gasteiger partial charge is 0.310 e. The second kappa shape index (κ2) is 7.66. The number of aromatic nitrogens is 2. The Kier molecular flexibility index (Phi) is 5.35. The normalized spacial score (nSPS) is 18.7. The molecule has 0 aromatic carbocycles. The molecule has 122 valence electrons. The smallest absolute Gasteiger partial charge is 0.229 e. The van der Waals surface area contributed by atoms with Gasteiger partial charge in [-0.2, -0.15) is 0 Å². The summed E-state index contributed by atoms with van der Waals surface area (Å²) in [5.74, 6) is 0.777. The van der Waals surface area contributed by atoms with Crippen LogP contribution in [0.5, 0.6) is 0 Å². The maximum atomic E-state index is 12.4. The first kappa shape index (κ1) is 16.1. The van der Waals surface area contributed by atoms with Crippen LogP contribution in [0, 0.1) is 12.8 Å². The Balaban J connectivity index is 1.50. The van der Waals surface area contributed by atoms with E-state index < -0.39 is 0 Å². The lowest BCUT2D eigenvalue weighted by atomic mass is 9.97. The Hall–Kier alpha value is -1.79. The SMILES string of the molecule is Cc1ccc(NC(=O)C2CCCN(CCc3ccns3)C2)nc1. The Bertz CT molecular complexity index is 627. The summed E-state index contributed by atoms with van der Waals surface area (Å²) >= 11 is 1.56. The van der Waals surface area contributed by atoms with Crippen LogP contribution in [-0.2, 0) is 11.2 Å². The van der Waals surface area contributed by atoms with Crippen LogP contribution in [-0.4, -0.2) is 39.8 Å². The van der Waals surface area contributed by atoms with Gasteiger partial charge in [0.15, 0.2) is 0 Å². The molecule has 2 aromatic heterocycles. The molecule has 23 heavy (non-hydrogen) atoms. The van der Waals surface area contributed by atoms with Crippen molar-refractivity contribution < 1.29 is 4.79 Å². The molecule has 1 aliphatic heterocycles. The highest BCUT2D eigenvalue weighted by atomic mass is 32.1. The van der Waals surface area contributed by atoms with Crippen LogP contribution >= 0.6 is 11.5 Å². The summed E-state index contributed by atoms with van der Waals surface area (Å²) in [4.78, 5) is 20.4. The number of hydrogen-bond acceptors (Lipinski definition) is 5. The van der Waals surface area contributed by atoms with E-state index in [9.17, 15) is 4.79 Å². The molecule has 0 saturated carbocycles. The average molecular weight is 330 g/mol. The minimum absolute atomic E-state index is 0.0494. The zero-order valence-corrected chi connectivity index (χ0v) is 14.2. The van der Waals surface area contributed by atoms with Gasteiger partial charge in [0.25, 0.3) is 0 Å². The Morgan fingerprint density at radius 1 is 1.43 bits per heavy atom. The van der Waals surface area contributed by atoms with Gasteiger partial charge in [-0.3, -0.25) is 4.79 Å². The molecule has 0 spiro atoms. The number of anilines is 1. The van der Waals surface area contributed by atoms with E-state index in [0.29, 0.717) is 5.82 Å². The van der Waals surface area contributed by atoms with Gasteiger partial charge < -0.3 is 10.2 Å². The number of likely N-dealkylation sites (tertiary alicyclic amines) is 1. The molecule has 1 unspecified atom stereocenters. The maximum Gasteiger partial charge on any atom is 0.229 e. The zero-order chi connectivity index (χ0) is 16.1. The van der Waals surface area contributed by atoms with Gasteiger partial charge in [0.2, 0.25) is 5.91 Å². The van der Waals surface area contributed by atoms with Crippen molar-refractivity contribution in [1.29, 1.82) is 0 Å². The van der Waals surface area contributed by atoms with E-state index in [2.05, 4.69) is 25.6 Å². The summed E-state index contributed by atoms with van der Waals surface area (Å²) < 4.78 is 4.13. The number of carbonyl (C=O) groups excluding carboxylic acids is 1. The Labute approximate surface area is 140 Å². The van der Waals surface area contributed by atoms with Crippen LogP contribution in [0.15, 0.2) is 30.6 Å². The molecule has 5 nitrogen and oxygen atoms in total. The third kappa shape index (κ3) is 4.59. The van der Waals surface area contributed by atoms with Gasteiger partial charge in [-0.15, -0.1) is 0 Å². The number of piperidine rings is 1. The summed E-state index contributed by atoms with van der Waals surface area (Å²) in [6.45, 7) is 4.89. The fourth-order valence-corrected chi connectivity index (χ4v) is 3.44. The van der Waals surface area contributed by atoms with Crippen LogP contribution in [0.25, 0.3) is 0 Å². The lowest BCUT2D eigenvalue weighted by molar-refractivity contribution is -0.121. The third-order valence-corrected chi connectivity index (χ3v) is 5.01. The summed E-state index contributed by atoms with van der Waals surface area (Å²) in [5.41, 5.74) is 1.09. The zero-order valence-electron chi connectivity index (χ0n) is 13.4. The molecule has 1 saturated heterocycles. The van der Waals surface area contributed by atoms with Gasteiger partial charge in [-0.1, -0.05) is 6.07 Å². The summed E-state index contributed by atoms with van der Waals surface area (Å²) in [7, 11) is 0. The van der Waals surface area contributed by atoms with Gasteiger partial charge in [0.1, 0.15) is 5.82 Å². The van der Waals surface area contributed by atoms with Crippen molar-refractivity contribution >= 4 is 23.3 Å². The number of amides is 1. The van der Waals surface area contributed by atoms with Crippen molar-refractivity contribution in [1.82, 2.24) is 14.3 Å². The highest BCUT2D eigenvalue weighted by Gasteiger charge is 2.25. The lowest BCUT2D eigenvalue weighted by Gasteiger charge is -2.31. The van der Waals surface area contributed by atoms with Gasteiger partial charge in [0.05, 0.1) is 5.92 Å². The molecule has 3 rings (SSSR count). The fraction of sp³-hybridized carbons (Fsp3) is 0.471. The van der Waals surface area contributed by atoms with Gasteiger partial charge in [0, 0.05) is 30.4 Å². The number of nitrogens with one attached hydrogen (secondary N) is 1. The van der Waals surface area contributed by atoms with Gasteiger partial charge in [-0.25, -0.2) is 9.36 Å². The van der Waals surface area contributed by atoms with E-state index in [0.717, 1.165) is 44.5 Å². The first-order valence-corrected chi connectivity index (χ1v) is 8.83. The highest BCUT2D eigenvalue weighted by Crippen LogP contribution is 2.19. The van der Waals surface area contributed by atoms with Crippen molar-refractivity contribution in [3.8, 4) is 0 Å². The van der Waals surface area contributed by atoms with Crippen molar-refractivity contribution in [2.45, 2.75) is 26.2 Å². The van der Waals surface area contributed by atoms with Gasteiger partial charge >= 0.3 is 0 Å². The van der Waals surface area contributed by atoms with E-state index >= 15 is 0 Å². The summed E-state index contributed by atoms with van der Waals surface area (Å²) in [6, 6.07) is 5.89. The molecule has 3 heterocycles. The minimum atomic E-state index is 0.0494. The molecule has 1 aliphatic rings. The standard InChI is InChI=1S/C17H22N4OS/c1-13-4-5-16(18-11-13)20-17(22)14-3-2-9-21(12-14)10-7-15-6-8-19-23-15/h4-6,8,11,14H,2-3,7,9-10,12H2,1H3,(H,18,20,22). The predicted molar refractivity (Wildman–Crippen MR) is 92.6 cm³/mol. The minimum Gasteiger partial charge on any atom is -0.310 e. The molecule has 6 heteroatoms. The number of pyridine rings is 1. The second-order valence-electron chi connectivity index (χ2n) is 6.08. The van der Waals surface area contributed by atoms with Crippen LogP contribution in [0.2, 0.25) is 0 Å². The quantitative estimate of drug-likeness (QED) is 0.916. The average Bonchev–Trinajstić information content (AvgIpc) is 3.09. The Morgan fingerprint density at radius 3 is 3.09 bits per heavy atom. The molecule has 1 amide bonds. The maximum absolute atomic E-state index is 12.4. The number of rotatable bonds is 5. The Morgan fingerprint density at radius 2 is 2.35 bits per heavy atom. The summed E-state index contributed by atoms with van der Waals surface area (Å²) in [6.07, 6.45) is 6.66. The molecular weight excluding hydrogens is 308 g/mol. The lowest BCUT2D eigenvalue weighted by Crippen LogP contribution is -2.41. The molecule has 0 aliphatic carbocycles. The summed E-state index contributed by atoms with van der Waals surface area (Å²) in [5, 5.41) is 2.94. The van der Waals surface area contributed by atoms with Crippen LogP contribution in [0.3, 0.4) is 0 Å². The van der Waals surface area contributed by atoms with E-state index in [1.165, 1.54) is 4.88 Å². The topological polar surface area (TPSA) is 58.1 Å². The highest BCUT2D eigenvalue weighted by molar-refractivity contribution is 7.05. The predicted octanol–water partition coefficient (Wildman–Crippen LogP) is 2.74. The van der Waals surface area contributed by atoms with E-state index in [-0.39, 0.29) is 11.8 Å². The second-order valence-corrected chi connectivity index (χ2v) is 7.00. The van der Waals surface area contributed by atoms with Gasteiger partial charge in [-0.05, 0) is 62.0 Å². The molecular formula is C17H22N4OS. The third-order valence-electron chi connectivity index (χ3n) is 4.20. The first-order valence-electron chi connectivity index (χ1n) is 8.06. The fourth-order valence-electron chi connectivity index (χ4n) is 2.88. The monoisotopic (exact) mass is 330 g/mol. The molecule has 2 aromatic rings. The first-order chi connectivity index (χ1) is 11.2. The van der Waals surface area contributed by atoms with Crippen LogP contribution in [0.1, 0.15) is 23.3 Å². The van der Waals surface area contributed by atoms with Crippen LogP contribution < -0.4 is 5.32 Å². The molecule has 1 atom stereocenters. The van der Waals surface area contributed by atoms with E-state index in [1.54, 1.807) is 17.7 Å². The molecule has 0 radical (unpaired) electrons. The van der Waals surface area contributed by atoms with Crippen LogP contribution in [0.4, 0.5) is 5.82 Å². The number of aryl methyl sites for hydroxylation is 1. The van der Waals surface area contributed by atoms with E-state index in [4.69, 9.17) is 0 Å². The van der Waals surface area contributed by atoms with Crippen molar-refractivity contribution in [2.24, 2.45) is 5.92 Å². The molecule has 1 N–H and O–H groups in total. The van der Waals surface area contributed by atoms with Crippen molar-refractivity contribution in [2.75, 3.05) is 25.0 Å².